The van der Waals surface area contributed by atoms with Crippen LogP contribution in [0, 0.1) is 0 Å². The van der Waals surface area contributed by atoms with Gasteiger partial charge in [-0.3, -0.25) is 4.79 Å². The van der Waals surface area contributed by atoms with E-state index in [1.807, 2.05) is 36.4 Å². The fraction of sp³-hybridized carbons (Fsp3) is 0.297. The van der Waals surface area contributed by atoms with Crippen LogP contribution in [-0.4, -0.2) is 28.6 Å². The van der Waals surface area contributed by atoms with E-state index in [1.54, 1.807) is 0 Å². The van der Waals surface area contributed by atoms with Crippen molar-refractivity contribution in [1.82, 2.24) is 14.9 Å². The highest BCUT2D eigenvalue weighted by atomic mass is 16.5. The number of nitrogens with one attached hydrogen (secondary N) is 1. The van der Waals surface area contributed by atoms with Gasteiger partial charge >= 0.3 is 0 Å². The fourth-order valence-corrected chi connectivity index (χ4v) is 5.28. The number of fused-ring (bicyclic) bond motifs is 1. The highest BCUT2D eigenvalue weighted by Crippen LogP contribution is 2.21. The molecule has 5 heteroatoms. The molecule has 0 radical (unpaired) electrons. The van der Waals surface area contributed by atoms with Crippen molar-refractivity contribution < 1.29 is 9.53 Å². The molecule has 0 saturated heterocycles. The molecule has 0 bridgehead atoms. The molecule has 5 rings (SSSR count). The average Bonchev–Trinajstić information content (AvgIpc) is 3.37. The number of carbonyl (C=O) groups excluding carboxylic acids is 1. The fourth-order valence-electron chi connectivity index (χ4n) is 5.28. The lowest BCUT2D eigenvalue weighted by atomic mass is 10.0. The monoisotopic (exact) mass is 559 g/mol. The number of imidazole rings is 1. The van der Waals surface area contributed by atoms with E-state index in [1.165, 1.54) is 11.1 Å². The number of amides is 1. The number of rotatable bonds is 14. The van der Waals surface area contributed by atoms with Crippen molar-refractivity contribution in [1.29, 1.82) is 0 Å². The van der Waals surface area contributed by atoms with Crippen molar-refractivity contribution in [3.63, 3.8) is 0 Å². The van der Waals surface area contributed by atoms with Gasteiger partial charge < -0.3 is 14.6 Å². The molecule has 5 nitrogen and oxygen atoms in total. The minimum absolute atomic E-state index is 0.0723. The third-order valence-electron chi connectivity index (χ3n) is 7.69. The van der Waals surface area contributed by atoms with Crippen LogP contribution in [0.5, 0.6) is 5.75 Å². The highest BCUT2D eigenvalue weighted by Gasteiger charge is 2.11. The van der Waals surface area contributed by atoms with Gasteiger partial charge in [-0.25, -0.2) is 4.98 Å². The maximum atomic E-state index is 12.5. The number of hydrogen-bond donors (Lipinski definition) is 1. The first-order valence-electron chi connectivity index (χ1n) is 15.1. The number of para-hydroxylation sites is 2. The second-order valence-corrected chi connectivity index (χ2v) is 11.1. The topological polar surface area (TPSA) is 56.1 Å². The summed E-state index contributed by atoms with van der Waals surface area (Å²) in [6, 6.07) is 35.3. The quantitative estimate of drug-likeness (QED) is 0.140. The molecule has 0 unspecified atom stereocenters. The smallest absolute Gasteiger partial charge is 0.224 e. The van der Waals surface area contributed by atoms with Crippen molar-refractivity contribution in [2.24, 2.45) is 0 Å². The number of hydrogen-bond acceptors (Lipinski definition) is 3. The molecule has 0 aliphatic carbocycles. The Morgan fingerprint density at radius 2 is 1.52 bits per heavy atom. The number of ether oxygens (including phenoxy) is 1. The Kier molecular flexibility index (Phi) is 10.1. The second kappa shape index (κ2) is 14.5. The van der Waals surface area contributed by atoms with Gasteiger partial charge in [0.15, 0.2) is 0 Å². The lowest BCUT2D eigenvalue weighted by molar-refractivity contribution is -0.120. The number of carbonyl (C=O) groups is 1. The van der Waals surface area contributed by atoms with Crippen LogP contribution >= 0.6 is 0 Å². The average molecular weight is 560 g/mol. The van der Waals surface area contributed by atoms with Gasteiger partial charge in [0, 0.05) is 13.0 Å². The van der Waals surface area contributed by atoms with E-state index in [2.05, 4.69) is 90.5 Å². The predicted molar refractivity (Wildman–Crippen MR) is 172 cm³/mol. The highest BCUT2D eigenvalue weighted by molar-refractivity contribution is 5.79. The van der Waals surface area contributed by atoms with Gasteiger partial charge in [0.1, 0.15) is 18.2 Å². The molecule has 0 atom stereocenters. The molecule has 1 aromatic heterocycles. The molecular weight excluding hydrogens is 518 g/mol. The molecule has 0 saturated carbocycles. The summed E-state index contributed by atoms with van der Waals surface area (Å²) in [5.41, 5.74) is 6.87. The van der Waals surface area contributed by atoms with Crippen molar-refractivity contribution >= 4 is 16.9 Å². The van der Waals surface area contributed by atoms with Gasteiger partial charge in [0.05, 0.1) is 24.0 Å². The summed E-state index contributed by atoms with van der Waals surface area (Å²) in [4.78, 5) is 17.4. The minimum atomic E-state index is 0.0723. The first kappa shape index (κ1) is 29.1. The molecular formula is C37H41N3O2. The summed E-state index contributed by atoms with van der Waals surface area (Å²) < 4.78 is 8.37. The normalized spacial score (nSPS) is 11.2. The zero-order chi connectivity index (χ0) is 29.1. The molecule has 42 heavy (non-hydrogen) atoms. The molecule has 0 spiro atoms. The van der Waals surface area contributed by atoms with Crippen LogP contribution in [0.2, 0.25) is 0 Å². The maximum Gasteiger partial charge on any atom is 0.224 e. The third-order valence-corrected chi connectivity index (χ3v) is 7.69. The van der Waals surface area contributed by atoms with Crippen LogP contribution in [-0.2, 0) is 24.2 Å². The van der Waals surface area contributed by atoms with E-state index in [0.29, 0.717) is 25.5 Å². The van der Waals surface area contributed by atoms with E-state index in [0.717, 1.165) is 66.0 Å². The Balaban J connectivity index is 1.05. The standard InChI is InChI=1S/C37H41N3O2/c1-28(2)30-20-22-33(23-21-30)42-26-25-40-35-14-9-8-13-34(35)39-36(40)15-7-4-10-24-38-37(41)27-29-16-18-32(19-17-29)31-11-5-3-6-12-31/h3,5-6,8-9,11-14,16-23,28H,4,7,10,15,24-27H2,1-2H3,(H,38,41). The summed E-state index contributed by atoms with van der Waals surface area (Å²) in [7, 11) is 0. The van der Waals surface area contributed by atoms with Gasteiger partial charge in [-0.2, -0.15) is 0 Å². The Morgan fingerprint density at radius 3 is 2.29 bits per heavy atom. The lowest BCUT2D eigenvalue weighted by Gasteiger charge is -2.12. The summed E-state index contributed by atoms with van der Waals surface area (Å²) in [5.74, 6) is 2.58. The molecule has 216 valence electrons. The summed E-state index contributed by atoms with van der Waals surface area (Å²) in [6.45, 7) is 6.44. The largest absolute Gasteiger partial charge is 0.492 e. The molecule has 1 amide bonds. The molecule has 0 aliphatic heterocycles. The van der Waals surface area contributed by atoms with Crippen LogP contribution in [0.3, 0.4) is 0 Å². The Hall–Kier alpha value is -4.38. The molecule has 0 fully saturated rings. The van der Waals surface area contributed by atoms with Crippen molar-refractivity contribution in [2.75, 3.05) is 13.2 Å². The molecule has 0 aliphatic rings. The van der Waals surface area contributed by atoms with E-state index in [-0.39, 0.29) is 5.91 Å². The summed E-state index contributed by atoms with van der Waals surface area (Å²) in [6.07, 6.45) is 4.32. The Bertz CT molecular complexity index is 1560. The Labute approximate surface area is 249 Å². The minimum Gasteiger partial charge on any atom is -0.492 e. The lowest BCUT2D eigenvalue weighted by Crippen LogP contribution is -2.26. The summed E-state index contributed by atoms with van der Waals surface area (Å²) in [5, 5.41) is 3.09. The summed E-state index contributed by atoms with van der Waals surface area (Å²) >= 11 is 0. The molecule has 4 aromatic carbocycles. The van der Waals surface area contributed by atoms with E-state index in [9.17, 15) is 4.79 Å². The maximum absolute atomic E-state index is 12.5. The first-order valence-corrected chi connectivity index (χ1v) is 15.1. The van der Waals surface area contributed by atoms with Crippen molar-refractivity contribution in [3.8, 4) is 16.9 Å². The van der Waals surface area contributed by atoms with Gasteiger partial charge in [-0.15, -0.1) is 0 Å². The number of benzene rings is 4. The second-order valence-electron chi connectivity index (χ2n) is 11.1. The zero-order valence-electron chi connectivity index (χ0n) is 24.8. The third kappa shape index (κ3) is 7.88. The Morgan fingerprint density at radius 1 is 0.810 bits per heavy atom. The van der Waals surface area contributed by atoms with Gasteiger partial charge in [0.25, 0.3) is 0 Å². The number of nitrogens with zero attached hydrogens (tertiary/aromatic N) is 2. The molecule has 1 heterocycles. The van der Waals surface area contributed by atoms with Crippen molar-refractivity contribution in [3.05, 3.63) is 120 Å². The number of aryl methyl sites for hydroxylation is 1. The van der Waals surface area contributed by atoms with E-state index >= 15 is 0 Å². The number of aromatic nitrogens is 2. The SMILES string of the molecule is CC(C)c1ccc(OCCn2c(CCCCCNC(=O)Cc3ccc(-c4ccccc4)cc3)nc3ccccc32)cc1. The molecule has 1 N–H and O–H groups in total. The van der Waals surface area contributed by atoms with Crippen LogP contribution in [0.4, 0.5) is 0 Å². The van der Waals surface area contributed by atoms with Gasteiger partial charge in [-0.05, 0) is 65.3 Å². The predicted octanol–water partition coefficient (Wildman–Crippen LogP) is 7.98. The van der Waals surface area contributed by atoms with Crippen LogP contribution in [0.25, 0.3) is 22.2 Å². The van der Waals surface area contributed by atoms with Gasteiger partial charge in [0.2, 0.25) is 5.91 Å². The van der Waals surface area contributed by atoms with Crippen LogP contribution in [0.1, 0.15) is 56.0 Å². The van der Waals surface area contributed by atoms with Gasteiger partial charge in [-0.1, -0.05) is 99.1 Å². The van der Waals surface area contributed by atoms with Crippen LogP contribution < -0.4 is 10.1 Å². The first-order chi connectivity index (χ1) is 20.6. The zero-order valence-corrected chi connectivity index (χ0v) is 24.8. The number of unbranched alkanes of at least 4 members (excludes halogenated alkanes) is 2. The molecule has 5 aromatic rings. The van der Waals surface area contributed by atoms with Crippen LogP contribution in [0.15, 0.2) is 103 Å². The van der Waals surface area contributed by atoms with E-state index in [4.69, 9.17) is 9.72 Å². The van der Waals surface area contributed by atoms with E-state index < -0.39 is 0 Å². The van der Waals surface area contributed by atoms with Crippen molar-refractivity contribution in [2.45, 2.75) is 58.4 Å².